The minimum Gasteiger partial charge on any atom is -0.507 e. The summed E-state index contributed by atoms with van der Waals surface area (Å²) in [5.74, 6) is 0.964. The Morgan fingerprint density at radius 1 is 0.931 bits per heavy atom. The fourth-order valence-corrected chi connectivity index (χ4v) is 3.22. The van der Waals surface area contributed by atoms with E-state index in [1.54, 1.807) is 30.0 Å². The number of para-hydroxylation sites is 1. The molecule has 4 aromatic rings. The topological polar surface area (TPSA) is 47.3 Å². The van der Waals surface area contributed by atoms with Crippen LogP contribution in [-0.4, -0.2) is 22.0 Å². The molecular weight excluding hydrogens is 384 g/mol. The summed E-state index contributed by atoms with van der Waals surface area (Å²) >= 11 is 6.17. The molecule has 0 aliphatic rings. The van der Waals surface area contributed by atoms with Gasteiger partial charge >= 0.3 is 0 Å². The van der Waals surface area contributed by atoms with Crippen molar-refractivity contribution in [3.63, 3.8) is 0 Å². The fraction of sp³-hybridized carbons (Fsp3) is 0.0417. The summed E-state index contributed by atoms with van der Waals surface area (Å²) in [5.41, 5.74) is 4.07. The van der Waals surface area contributed by atoms with Gasteiger partial charge in [-0.05, 0) is 60.2 Å². The number of ether oxygens (including phenoxy) is 1. The number of hydrogen-bond donors (Lipinski definition) is 1. The van der Waals surface area contributed by atoms with Gasteiger partial charge < -0.3 is 9.84 Å². The molecule has 1 N–H and O–H groups in total. The predicted molar refractivity (Wildman–Crippen MR) is 118 cm³/mol. The SMILES string of the molecule is COc1ccc(/C=C/c2cc(-c3cc(Cl)ccc3O)n(-c3ccccc3)n2)cc1. The number of rotatable bonds is 5. The van der Waals surface area contributed by atoms with Crippen LogP contribution >= 0.6 is 11.6 Å². The molecule has 0 radical (unpaired) electrons. The van der Waals surface area contributed by atoms with Crippen LogP contribution in [0.4, 0.5) is 0 Å². The van der Waals surface area contributed by atoms with Crippen molar-refractivity contribution >= 4 is 23.8 Å². The highest BCUT2D eigenvalue weighted by molar-refractivity contribution is 6.31. The molecule has 0 unspecified atom stereocenters. The zero-order valence-corrected chi connectivity index (χ0v) is 16.5. The first-order valence-corrected chi connectivity index (χ1v) is 9.48. The van der Waals surface area contributed by atoms with Gasteiger partial charge in [0.25, 0.3) is 0 Å². The molecule has 0 atom stereocenters. The van der Waals surface area contributed by atoms with E-state index in [0.29, 0.717) is 10.6 Å². The van der Waals surface area contributed by atoms with Crippen molar-refractivity contribution in [2.45, 2.75) is 0 Å². The molecule has 3 aromatic carbocycles. The lowest BCUT2D eigenvalue weighted by molar-refractivity contribution is 0.415. The average molecular weight is 403 g/mol. The van der Waals surface area contributed by atoms with Crippen molar-refractivity contribution < 1.29 is 9.84 Å². The quantitative estimate of drug-likeness (QED) is 0.440. The largest absolute Gasteiger partial charge is 0.507 e. The van der Waals surface area contributed by atoms with E-state index in [0.717, 1.165) is 28.4 Å². The van der Waals surface area contributed by atoms with Crippen LogP contribution in [0.3, 0.4) is 0 Å². The number of phenolic OH excluding ortho intramolecular Hbond substituents is 1. The van der Waals surface area contributed by atoms with Gasteiger partial charge in [-0.3, -0.25) is 0 Å². The summed E-state index contributed by atoms with van der Waals surface area (Å²) in [4.78, 5) is 0. The van der Waals surface area contributed by atoms with Gasteiger partial charge in [0.15, 0.2) is 0 Å². The third-order valence-electron chi connectivity index (χ3n) is 4.53. The number of halogens is 1. The Bertz CT molecular complexity index is 1150. The van der Waals surface area contributed by atoms with Crippen LogP contribution in [0.5, 0.6) is 11.5 Å². The molecule has 1 aromatic heterocycles. The van der Waals surface area contributed by atoms with Gasteiger partial charge in [-0.25, -0.2) is 4.68 Å². The Balaban J connectivity index is 1.77. The van der Waals surface area contributed by atoms with E-state index in [-0.39, 0.29) is 5.75 Å². The molecule has 0 saturated carbocycles. The Kier molecular flexibility index (Phi) is 5.36. The van der Waals surface area contributed by atoms with E-state index in [1.807, 2.05) is 72.8 Å². The lowest BCUT2D eigenvalue weighted by Gasteiger charge is -2.09. The van der Waals surface area contributed by atoms with Crippen molar-refractivity contribution in [1.82, 2.24) is 9.78 Å². The maximum atomic E-state index is 10.4. The summed E-state index contributed by atoms with van der Waals surface area (Å²) in [7, 11) is 1.65. The number of methoxy groups -OCH3 is 1. The van der Waals surface area contributed by atoms with Crippen molar-refractivity contribution in [2.75, 3.05) is 7.11 Å². The van der Waals surface area contributed by atoms with E-state index in [9.17, 15) is 5.11 Å². The van der Waals surface area contributed by atoms with Crippen LogP contribution < -0.4 is 4.74 Å². The second-order valence-electron chi connectivity index (χ2n) is 6.47. The van der Waals surface area contributed by atoms with Gasteiger partial charge in [-0.1, -0.05) is 48.0 Å². The number of hydrogen-bond acceptors (Lipinski definition) is 3. The number of aromatic hydroxyl groups is 1. The normalized spacial score (nSPS) is 11.1. The Morgan fingerprint density at radius 3 is 2.41 bits per heavy atom. The van der Waals surface area contributed by atoms with E-state index < -0.39 is 0 Å². The number of benzene rings is 3. The van der Waals surface area contributed by atoms with Crippen LogP contribution in [0.25, 0.3) is 29.1 Å². The van der Waals surface area contributed by atoms with Crippen LogP contribution in [0, 0.1) is 0 Å². The van der Waals surface area contributed by atoms with Crippen molar-refractivity contribution in [3.05, 3.63) is 95.1 Å². The Labute approximate surface area is 174 Å². The summed E-state index contributed by atoms with van der Waals surface area (Å²) in [6.07, 6.45) is 3.92. The molecule has 29 heavy (non-hydrogen) atoms. The molecule has 144 valence electrons. The molecular formula is C24H19ClN2O2. The van der Waals surface area contributed by atoms with Crippen LogP contribution in [0.2, 0.25) is 5.02 Å². The summed E-state index contributed by atoms with van der Waals surface area (Å²) in [6, 6.07) is 24.5. The standard InChI is InChI=1S/C24H19ClN2O2/c1-29-21-12-8-17(9-13-21)7-11-19-16-23(22-15-18(25)10-14-24(22)28)27(26-19)20-5-3-2-4-6-20/h2-16,28H,1H3/b11-7+. The number of nitrogens with zero attached hydrogens (tertiary/aromatic N) is 2. The van der Waals surface area contributed by atoms with Crippen molar-refractivity contribution in [2.24, 2.45) is 0 Å². The van der Waals surface area contributed by atoms with Crippen LogP contribution in [0.15, 0.2) is 78.9 Å². The van der Waals surface area contributed by atoms with Crippen molar-refractivity contribution in [3.8, 4) is 28.4 Å². The van der Waals surface area contributed by atoms with Crippen LogP contribution in [-0.2, 0) is 0 Å². The van der Waals surface area contributed by atoms with Crippen molar-refractivity contribution in [1.29, 1.82) is 0 Å². The highest BCUT2D eigenvalue weighted by Gasteiger charge is 2.14. The zero-order valence-electron chi connectivity index (χ0n) is 15.8. The Hall–Kier alpha value is -3.50. The molecule has 1 heterocycles. The van der Waals surface area contributed by atoms with E-state index in [2.05, 4.69) is 0 Å². The maximum absolute atomic E-state index is 10.4. The van der Waals surface area contributed by atoms with Crippen LogP contribution in [0.1, 0.15) is 11.3 Å². The fourth-order valence-electron chi connectivity index (χ4n) is 3.05. The molecule has 0 spiro atoms. The molecule has 0 amide bonds. The van der Waals surface area contributed by atoms with Gasteiger partial charge in [-0.2, -0.15) is 5.10 Å². The monoisotopic (exact) mass is 402 g/mol. The number of aromatic nitrogens is 2. The average Bonchev–Trinajstić information content (AvgIpc) is 3.19. The smallest absolute Gasteiger partial charge is 0.125 e. The third kappa shape index (κ3) is 4.18. The first-order chi connectivity index (χ1) is 14.1. The minimum absolute atomic E-state index is 0.150. The summed E-state index contributed by atoms with van der Waals surface area (Å²) < 4.78 is 7.00. The maximum Gasteiger partial charge on any atom is 0.125 e. The molecule has 0 aliphatic heterocycles. The second-order valence-corrected chi connectivity index (χ2v) is 6.91. The summed E-state index contributed by atoms with van der Waals surface area (Å²) in [6.45, 7) is 0. The highest BCUT2D eigenvalue weighted by atomic mass is 35.5. The number of phenols is 1. The molecule has 0 aliphatic carbocycles. The molecule has 4 rings (SSSR count). The van der Waals surface area contributed by atoms with E-state index in [1.165, 1.54) is 0 Å². The van der Waals surface area contributed by atoms with Gasteiger partial charge in [0.05, 0.1) is 24.2 Å². The zero-order chi connectivity index (χ0) is 20.2. The third-order valence-corrected chi connectivity index (χ3v) is 4.76. The first-order valence-electron chi connectivity index (χ1n) is 9.10. The lowest BCUT2D eigenvalue weighted by atomic mass is 10.1. The predicted octanol–water partition coefficient (Wildman–Crippen LogP) is 6.08. The van der Waals surface area contributed by atoms with Gasteiger partial charge in [0, 0.05) is 10.6 Å². The van der Waals surface area contributed by atoms with Gasteiger partial charge in [-0.15, -0.1) is 0 Å². The molecule has 0 saturated heterocycles. The molecule has 5 heteroatoms. The van der Waals surface area contributed by atoms with Gasteiger partial charge in [0.2, 0.25) is 0 Å². The first kappa shape index (κ1) is 18.8. The molecule has 4 nitrogen and oxygen atoms in total. The second kappa shape index (κ2) is 8.25. The molecule has 0 bridgehead atoms. The van der Waals surface area contributed by atoms with E-state index >= 15 is 0 Å². The minimum atomic E-state index is 0.150. The summed E-state index contributed by atoms with van der Waals surface area (Å²) in [5, 5.41) is 15.7. The van der Waals surface area contributed by atoms with E-state index in [4.69, 9.17) is 21.4 Å². The Morgan fingerprint density at radius 2 is 1.69 bits per heavy atom. The lowest BCUT2D eigenvalue weighted by Crippen LogP contribution is -1.99. The van der Waals surface area contributed by atoms with Gasteiger partial charge in [0.1, 0.15) is 11.5 Å². The molecule has 0 fully saturated rings. The highest BCUT2D eigenvalue weighted by Crippen LogP contribution is 2.34.